The zero-order chi connectivity index (χ0) is 10.1. The van der Waals surface area contributed by atoms with Gasteiger partial charge in [-0.3, -0.25) is 0 Å². The van der Waals surface area contributed by atoms with Crippen molar-refractivity contribution in [2.45, 2.75) is 13.3 Å². The number of hydrogen-bond acceptors (Lipinski definition) is 2. The number of hydrogen-bond donors (Lipinski definition) is 2. The molecule has 0 atom stereocenters. The highest BCUT2D eigenvalue weighted by Gasteiger charge is 2.06. The number of imidazole rings is 1. The van der Waals surface area contributed by atoms with Crippen molar-refractivity contribution in [2.75, 3.05) is 0 Å². The van der Waals surface area contributed by atoms with Gasteiger partial charge in [-0.1, -0.05) is 6.92 Å². The van der Waals surface area contributed by atoms with Crippen LogP contribution in [0, 0.1) is 0 Å². The topological polar surface area (TPSA) is 66.0 Å². The van der Waals surface area contributed by atoms with E-state index >= 15 is 0 Å². The highest BCUT2D eigenvalue weighted by Crippen LogP contribution is 2.13. The summed E-state index contributed by atoms with van der Waals surface area (Å²) in [6.45, 7) is 2.00. The van der Waals surface area contributed by atoms with E-state index in [9.17, 15) is 4.79 Å². The molecule has 4 nitrogen and oxygen atoms in total. The summed E-state index contributed by atoms with van der Waals surface area (Å²) in [6, 6.07) is 4.89. The molecule has 0 aliphatic carbocycles. The van der Waals surface area contributed by atoms with E-state index in [4.69, 9.17) is 5.11 Å². The van der Waals surface area contributed by atoms with Gasteiger partial charge in [0.2, 0.25) is 0 Å². The smallest absolute Gasteiger partial charge is 0.335 e. The van der Waals surface area contributed by atoms with Gasteiger partial charge in [-0.2, -0.15) is 0 Å². The molecule has 0 aliphatic rings. The van der Waals surface area contributed by atoms with Crippen molar-refractivity contribution in [2.24, 2.45) is 0 Å². The molecule has 0 fully saturated rings. The van der Waals surface area contributed by atoms with Crippen LogP contribution in [0.15, 0.2) is 18.2 Å². The van der Waals surface area contributed by atoms with E-state index in [1.165, 1.54) is 0 Å². The second-order valence-corrected chi connectivity index (χ2v) is 3.07. The van der Waals surface area contributed by atoms with Crippen molar-refractivity contribution >= 4 is 17.0 Å². The zero-order valence-electron chi connectivity index (χ0n) is 7.74. The molecule has 1 aromatic heterocycles. The van der Waals surface area contributed by atoms with Crippen LogP contribution in [-0.2, 0) is 6.42 Å². The Morgan fingerprint density at radius 2 is 2.36 bits per heavy atom. The highest BCUT2D eigenvalue weighted by molar-refractivity contribution is 5.92. The molecule has 0 bridgehead atoms. The number of carboxylic acids is 1. The Labute approximate surface area is 80.6 Å². The summed E-state index contributed by atoms with van der Waals surface area (Å²) < 4.78 is 0. The molecule has 0 aliphatic heterocycles. The standard InChI is InChI=1S/C10H10N2O2/c1-2-9-11-7-4-3-6(10(13)14)5-8(7)12-9/h3-5H,2H2,1H3,(H,11,12)(H,13,14). The maximum Gasteiger partial charge on any atom is 0.335 e. The molecule has 0 radical (unpaired) electrons. The normalized spacial score (nSPS) is 10.6. The molecule has 0 saturated carbocycles. The van der Waals surface area contributed by atoms with Gasteiger partial charge < -0.3 is 10.1 Å². The third kappa shape index (κ3) is 1.35. The number of aromatic amines is 1. The molecule has 0 spiro atoms. The highest BCUT2D eigenvalue weighted by atomic mass is 16.4. The number of aryl methyl sites for hydroxylation is 1. The average Bonchev–Trinajstić information content (AvgIpc) is 2.58. The lowest BCUT2D eigenvalue weighted by atomic mass is 10.2. The Kier molecular flexibility index (Phi) is 1.96. The van der Waals surface area contributed by atoms with E-state index in [-0.39, 0.29) is 5.56 Å². The number of nitrogens with one attached hydrogen (secondary N) is 1. The van der Waals surface area contributed by atoms with E-state index in [0.29, 0.717) is 5.52 Å². The molecule has 2 rings (SSSR count). The molecule has 1 heterocycles. The third-order valence-electron chi connectivity index (χ3n) is 2.11. The first-order valence-corrected chi connectivity index (χ1v) is 4.42. The second kappa shape index (κ2) is 3.14. The molecular formula is C10H10N2O2. The van der Waals surface area contributed by atoms with Gasteiger partial charge in [-0.25, -0.2) is 9.78 Å². The van der Waals surface area contributed by atoms with Crippen molar-refractivity contribution in [3.8, 4) is 0 Å². The lowest BCUT2D eigenvalue weighted by molar-refractivity contribution is 0.0697. The van der Waals surface area contributed by atoms with Crippen LogP contribution in [0.3, 0.4) is 0 Å². The van der Waals surface area contributed by atoms with Crippen molar-refractivity contribution in [3.63, 3.8) is 0 Å². The first kappa shape index (κ1) is 8.74. The SMILES string of the molecule is CCc1nc2cc(C(=O)O)ccc2[nH]1. The molecule has 2 N–H and O–H groups in total. The Morgan fingerprint density at radius 1 is 1.57 bits per heavy atom. The number of rotatable bonds is 2. The monoisotopic (exact) mass is 190 g/mol. The van der Waals surface area contributed by atoms with E-state index in [1.54, 1.807) is 18.2 Å². The van der Waals surface area contributed by atoms with Crippen LogP contribution in [0.25, 0.3) is 11.0 Å². The van der Waals surface area contributed by atoms with Crippen molar-refractivity contribution in [3.05, 3.63) is 29.6 Å². The summed E-state index contributed by atoms with van der Waals surface area (Å²) in [6.07, 6.45) is 0.817. The molecular weight excluding hydrogens is 180 g/mol. The van der Waals surface area contributed by atoms with Gasteiger partial charge in [-0.05, 0) is 18.2 Å². The van der Waals surface area contributed by atoms with Gasteiger partial charge in [0.25, 0.3) is 0 Å². The Morgan fingerprint density at radius 3 is 3.00 bits per heavy atom. The quantitative estimate of drug-likeness (QED) is 0.759. The molecule has 72 valence electrons. The van der Waals surface area contributed by atoms with Crippen molar-refractivity contribution in [1.82, 2.24) is 9.97 Å². The lowest BCUT2D eigenvalue weighted by Gasteiger charge is -1.92. The number of aromatic nitrogens is 2. The van der Waals surface area contributed by atoms with E-state index in [2.05, 4.69) is 9.97 Å². The number of carboxylic acid groups (broad SMARTS) is 1. The lowest BCUT2D eigenvalue weighted by Crippen LogP contribution is -1.94. The maximum absolute atomic E-state index is 10.7. The molecule has 14 heavy (non-hydrogen) atoms. The Hall–Kier alpha value is -1.84. The van der Waals surface area contributed by atoms with E-state index in [0.717, 1.165) is 17.8 Å². The average molecular weight is 190 g/mol. The van der Waals surface area contributed by atoms with E-state index in [1.807, 2.05) is 6.92 Å². The van der Waals surface area contributed by atoms with Crippen LogP contribution in [-0.4, -0.2) is 21.0 Å². The van der Waals surface area contributed by atoms with Crippen molar-refractivity contribution < 1.29 is 9.90 Å². The maximum atomic E-state index is 10.7. The minimum absolute atomic E-state index is 0.270. The predicted molar refractivity (Wildman–Crippen MR) is 52.4 cm³/mol. The minimum atomic E-state index is -0.923. The largest absolute Gasteiger partial charge is 0.478 e. The summed E-state index contributed by atoms with van der Waals surface area (Å²) in [5, 5.41) is 8.77. The van der Waals surface area contributed by atoms with Gasteiger partial charge in [0.05, 0.1) is 16.6 Å². The fourth-order valence-electron chi connectivity index (χ4n) is 1.36. The van der Waals surface area contributed by atoms with Gasteiger partial charge >= 0.3 is 5.97 Å². The second-order valence-electron chi connectivity index (χ2n) is 3.07. The van der Waals surface area contributed by atoms with Crippen LogP contribution >= 0.6 is 0 Å². The molecule has 0 saturated heterocycles. The van der Waals surface area contributed by atoms with Crippen LogP contribution in [0.2, 0.25) is 0 Å². The Bertz CT molecular complexity index is 488. The number of H-pyrrole nitrogens is 1. The van der Waals surface area contributed by atoms with E-state index < -0.39 is 5.97 Å². The summed E-state index contributed by atoms with van der Waals surface area (Å²) in [5.74, 6) is -0.0458. The van der Waals surface area contributed by atoms with Gasteiger partial charge in [0.1, 0.15) is 5.82 Å². The molecule has 4 heteroatoms. The summed E-state index contributed by atoms with van der Waals surface area (Å²) >= 11 is 0. The van der Waals surface area contributed by atoms with Gasteiger partial charge in [0.15, 0.2) is 0 Å². The fraction of sp³-hybridized carbons (Fsp3) is 0.200. The van der Waals surface area contributed by atoms with Crippen LogP contribution in [0.5, 0.6) is 0 Å². The van der Waals surface area contributed by atoms with Crippen LogP contribution < -0.4 is 0 Å². The molecule has 1 aromatic carbocycles. The summed E-state index contributed by atoms with van der Waals surface area (Å²) in [4.78, 5) is 18.0. The minimum Gasteiger partial charge on any atom is -0.478 e. The molecule has 0 amide bonds. The van der Waals surface area contributed by atoms with Crippen LogP contribution in [0.1, 0.15) is 23.1 Å². The van der Waals surface area contributed by atoms with Gasteiger partial charge in [-0.15, -0.1) is 0 Å². The number of aromatic carboxylic acids is 1. The molecule has 0 unspecified atom stereocenters. The fourth-order valence-corrected chi connectivity index (χ4v) is 1.36. The first-order valence-electron chi connectivity index (χ1n) is 4.42. The predicted octanol–water partition coefficient (Wildman–Crippen LogP) is 1.82. The molecule has 2 aromatic rings. The first-order chi connectivity index (χ1) is 6.70. The van der Waals surface area contributed by atoms with Gasteiger partial charge in [0, 0.05) is 6.42 Å². The number of nitrogens with zero attached hydrogens (tertiary/aromatic N) is 1. The third-order valence-corrected chi connectivity index (χ3v) is 2.11. The number of fused-ring (bicyclic) bond motifs is 1. The Balaban J connectivity index is 2.59. The van der Waals surface area contributed by atoms with Crippen LogP contribution in [0.4, 0.5) is 0 Å². The number of carbonyl (C=O) groups is 1. The summed E-state index contributed by atoms with van der Waals surface area (Å²) in [7, 11) is 0. The summed E-state index contributed by atoms with van der Waals surface area (Å²) in [5.41, 5.74) is 1.86. The number of benzene rings is 1. The zero-order valence-corrected chi connectivity index (χ0v) is 7.74. The van der Waals surface area contributed by atoms with Crippen molar-refractivity contribution in [1.29, 1.82) is 0 Å².